The number of carbonyl (C=O) groups excluding carboxylic acids is 1. The van der Waals surface area contributed by atoms with E-state index in [2.05, 4.69) is 4.98 Å². The molecule has 2 aromatic rings. The molecule has 0 unspecified atom stereocenters. The molecule has 0 atom stereocenters. The maximum Gasteiger partial charge on any atom is 0.243 e. The Labute approximate surface area is 180 Å². The molecule has 1 aliphatic rings. The second-order valence-corrected chi connectivity index (χ2v) is 9.98. The van der Waals surface area contributed by atoms with Crippen LogP contribution in [0.4, 0.5) is 0 Å². The Morgan fingerprint density at radius 2 is 1.50 bits per heavy atom. The van der Waals surface area contributed by atoms with Gasteiger partial charge in [0.2, 0.25) is 15.9 Å². The summed E-state index contributed by atoms with van der Waals surface area (Å²) in [7, 11) is -3.60. The van der Waals surface area contributed by atoms with Crippen molar-refractivity contribution < 1.29 is 13.2 Å². The topological polar surface area (TPSA) is 70.6 Å². The van der Waals surface area contributed by atoms with E-state index in [0.717, 1.165) is 33.4 Å². The Kier molecular flexibility index (Phi) is 6.62. The van der Waals surface area contributed by atoms with Crippen molar-refractivity contribution in [3.8, 4) is 0 Å². The van der Waals surface area contributed by atoms with Gasteiger partial charge in [-0.2, -0.15) is 4.31 Å². The summed E-state index contributed by atoms with van der Waals surface area (Å²) in [4.78, 5) is 18.8. The Hall–Kier alpha value is -2.25. The number of carbonyl (C=O) groups is 1. The molecule has 1 saturated heterocycles. The maximum atomic E-state index is 13.4. The molecule has 3 rings (SSSR count). The van der Waals surface area contributed by atoms with Crippen LogP contribution in [0.25, 0.3) is 0 Å². The number of rotatable bonds is 5. The SMILES string of the molecule is Cc1c(C)c(C)c(S(=O)(=O)N2CCN(C(=O)CCc3cccnc3)CC2)c(C)c1C. The quantitative estimate of drug-likeness (QED) is 0.732. The van der Waals surface area contributed by atoms with Gasteiger partial charge in [0.1, 0.15) is 0 Å². The molecule has 0 N–H and O–H groups in total. The average molecular weight is 430 g/mol. The molecule has 30 heavy (non-hydrogen) atoms. The lowest BCUT2D eigenvalue weighted by atomic mass is 9.95. The first kappa shape index (κ1) is 22.4. The van der Waals surface area contributed by atoms with Crippen LogP contribution in [0.1, 0.15) is 39.8 Å². The highest BCUT2D eigenvalue weighted by Gasteiger charge is 2.33. The Morgan fingerprint density at radius 3 is 2.03 bits per heavy atom. The van der Waals surface area contributed by atoms with Gasteiger partial charge in [0.15, 0.2) is 0 Å². The molecular formula is C23H31N3O3S. The van der Waals surface area contributed by atoms with Crippen molar-refractivity contribution in [1.82, 2.24) is 14.2 Å². The zero-order chi connectivity index (χ0) is 22.1. The lowest BCUT2D eigenvalue weighted by Gasteiger charge is -2.35. The fourth-order valence-electron chi connectivity index (χ4n) is 4.11. The van der Waals surface area contributed by atoms with Crippen LogP contribution in [-0.2, 0) is 21.2 Å². The van der Waals surface area contributed by atoms with Gasteiger partial charge in [0, 0.05) is 45.0 Å². The van der Waals surface area contributed by atoms with Crippen molar-refractivity contribution in [1.29, 1.82) is 0 Å². The zero-order valence-corrected chi connectivity index (χ0v) is 19.3. The lowest BCUT2D eigenvalue weighted by molar-refractivity contribution is -0.132. The first-order valence-corrected chi connectivity index (χ1v) is 11.8. The second-order valence-electron chi connectivity index (χ2n) is 8.10. The number of benzene rings is 1. The lowest BCUT2D eigenvalue weighted by Crippen LogP contribution is -2.50. The summed E-state index contributed by atoms with van der Waals surface area (Å²) >= 11 is 0. The van der Waals surface area contributed by atoms with E-state index in [0.29, 0.717) is 43.9 Å². The fourth-order valence-corrected chi connectivity index (χ4v) is 6.10. The molecule has 6 nitrogen and oxygen atoms in total. The van der Waals surface area contributed by atoms with Crippen LogP contribution in [0.5, 0.6) is 0 Å². The summed E-state index contributed by atoms with van der Waals surface area (Å²) in [5.41, 5.74) is 5.88. The van der Waals surface area contributed by atoms with Crippen LogP contribution in [0.15, 0.2) is 29.4 Å². The van der Waals surface area contributed by atoms with Gasteiger partial charge in [-0.3, -0.25) is 9.78 Å². The highest BCUT2D eigenvalue weighted by atomic mass is 32.2. The van der Waals surface area contributed by atoms with Gasteiger partial charge in [-0.05, 0) is 80.5 Å². The van der Waals surface area contributed by atoms with E-state index in [1.807, 2.05) is 46.8 Å². The van der Waals surface area contributed by atoms with E-state index in [9.17, 15) is 13.2 Å². The molecule has 1 aromatic heterocycles. The third kappa shape index (κ3) is 4.27. The molecule has 1 amide bonds. The molecule has 1 aromatic carbocycles. The molecule has 0 aliphatic carbocycles. The summed E-state index contributed by atoms with van der Waals surface area (Å²) in [6.07, 6.45) is 4.54. The third-order valence-electron chi connectivity index (χ3n) is 6.47. The number of aryl methyl sites for hydroxylation is 1. The second kappa shape index (κ2) is 8.86. The Morgan fingerprint density at radius 1 is 0.933 bits per heavy atom. The van der Waals surface area contributed by atoms with Crippen LogP contribution in [0.3, 0.4) is 0 Å². The molecule has 1 aliphatic heterocycles. The average Bonchev–Trinajstić information content (AvgIpc) is 2.75. The van der Waals surface area contributed by atoms with Crippen molar-refractivity contribution in [2.24, 2.45) is 0 Å². The summed E-state index contributed by atoms with van der Waals surface area (Å²) in [5, 5.41) is 0. The molecule has 0 spiro atoms. The van der Waals surface area contributed by atoms with Crippen molar-refractivity contribution in [3.63, 3.8) is 0 Å². The zero-order valence-electron chi connectivity index (χ0n) is 18.5. The minimum absolute atomic E-state index is 0.0605. The number of nitrogens with zero attached hydrogens (tertiary/aromatic N) is 3. The highest BCUT2D eigenvalue weighted by Crippen LogP contribution is 2.32. The molecule has 7 heteroatoms. The third-order valence-corrected chi connectivity index (χ3v) is 8.64. The largest absolute Gasteiger partial charge is 0.340 e. The van der Waals surface area contributed by atoms with Crippen LogP contribution in [-0.4, -0.2) is 54.7 Å². The molecule has 162 valence electrons. The highest BCUT2D eigenvalue weighted by molar-refractivity contribution is 7.89. The monoisotopic (exact) mass is 429 g/mol. The van der Waals surface area contributed by atoms with Gasteiger partial charge in [-0.1, -0.05) is 6.07 Å². The Balaban J connectivity index is 1.69. The van der Waals surface area contributed by atoms with Gasteiger partial charge in [0.25, 0.3) is 0 Å². The smallest absolute Gasteiger partial charge is 0.243 e. The van der Waals surface area contributed by atoms with Crippen LogP contribution in [0.2, 0.25) is 0 Å². The van der Waals surface area contributed by atoms with Gasteiger partial charge in [-0.25, -0.2) is 8.42 Å². The van der Waals surface area contributed by atoms with Gasteiger partial charge >= 0.3 is 0 Å². The summed E-state index contributed by atoms with van der Waals surface area (Å²) in [6, 6.07) is 3.82. The summed E-state index contributed by atoms with van der Waals surface area (Å²) in [5.74, 6) is 0.0605. The van der Waals surface area contributed by atoms with Gasteiger partial charge in [0.05, 0.1) is 4.90 Å². The van der Waals surface area contributed by atoms with E-state index >= 15 is 0 Å². The van der Waals surface area contributed by atoms with E-state index < -0.39 is 10.0 Å². The first-order chi connectivity index (χ1) is 14.1. The van der Waals surface area contributed by atoms with Crippen LogP contribution < -0.4 is 0 Å². The summed E-state index contributed by atoms with van der Waals surface area (Å²) < 4.78 is 28.4. The minimum atomic E-state index is -3.60. The van der Waals surface area contributed by atoms with Crippen LogP contribution >= 0.6 is 0 Å². The van der Waals surface area contributed by atoms with Gasteiger partial charge in [-0.15, -0.1) is 0 Å². The normalized spacial score (nSPS) is 15.4. The molecule has 0 saturated carbocycles. The van der Waals surface area contributed by atoms with E-state index in [4.69, 9.17) is 0 Å². The fraction of sp³-hybridized carbons (Fsp3) is 0.478. The van der Waals surface area contributed by atoms with E-state index in [1.54, 1.807) is 17.3 Å². The van der Waals surface area contributed by atoms with Crippen molar-refractivity contribution in [3.05, 3.63) is 57.9 Å². The minimum Gasteiger partial charge on any atom is -0.340 e. The molecule has 0 bridgehead atoms. The number of amides is 1. The number of aromatic nitrogens is 1. The number of hydrogen-bond acceptors (Lipinski definition) is 4. The van der Waals surface area contributed by atoms with Crippen LogP contribution in [0, 0.1) is 34.6 Å². The number of piperazine rings is 1. The molecule has 1 fully saturated rings. The standard InChI is InChI=1S/C23H31N3O3S/c1-16-17(2)19(4)23(20(5)18(16)3)30(28,29)26-13-11-25(12-14-26)22(27)9-8-21-7-6-10-24-15-21/h6-7,10,15H,8-9,11-14H2,1-5H3. The predicted octanol–water partition coefficient (Wildman–Crippen LogP) is 3.09. The maximum absolute atomic E-state index is 13.4. The number of pyridine rings is 1. The molecule has 2 heterocycles. The van der Waals surface area contributed by atoms with E-state index in [-0.39, 0.29) is 5.91 Å². The molecule has 0 radical (unpaired) electrons. The van der Waals surface area contributed by atoms with Crippen molar-refractivity contribution in [2.75, 3.05) is 26.2 Å². The molecular weight excluding hydrogens is 398 g/mol. The van der Waals surface area contributed by atoms with Gasteiger partial charge < -0.3 is 4.90 Å². The Bertz CT molecular complexity index is 1010. The first-order valence-electron chi connectivity index (χ1n) is 10.4. The summed E-state index contributed by atoms with van der Waals surface area (Å²) in [6.45, 7) is 11.3. The van der Waals surface area contributed by atoms with Crippen molar-refractivity contribution >= 4 is 15.9 Å². The number of hydrogen-bond donors (Lipinski definition) is 0. The predicted molar refractivity (Wildman–Crippen MR) is 118 cm³/mol. The van der Waals surface area contributed by atoms with Crippen molar-refractivity contribution in [2.45, 2.75) is 52.4 Å². The van der Waals surface area contributed by atoms with E-state index in [1.165, 1.54) is 4.31 Å². The number of sulfonamides is 1.